The lowest BCUT2D eigenvalue weighted by atomic mass is 10.0. The molecular formula is C14H14O4. The predicted molar refractivity (Wildman–Crippen MR) is 68.4 cm³/mol. The third-order valence-electron chi connectivity index (χ3n) is 2.68. The Hall–Kier alpha value is -2.07. The van der Waals surface area contributed by atoms with Crippen LogP contribution in [0, 0.1) is 0 Å². The van der Waals surface area contributed by atoms with E-state index in [1.54, 1.807) is 26.4 Å². The van der Waals surface area contributed by atoms with Crippen LogP contribution in [0.3, 0.4) is 0 Å². The van der Waals surface area contributed by atoms with E-state index < -0.39 is 0 Å². The monoisotopic (exact) mass is 246 g/mol. The number of methoxy groups -OCH3 is 2. The third kappa shape index (κ3) is 2.15. The van der Waals surface area contributed by atoms with Crippen molar-refractivity contribution in [1.82, 2.24) is 0 Å². The molecule has 0 aliphatic rings. The molecule has 0 heterocycles. The molecule has 0 unspecified atom stereocenters. The van der Waals surface area contributed by atoms with E-state index in [1.807, 2.05) is 18.2 Å². The van der Waals surface area contributed by atoms with Crippen LogP contribution in [0.5, 0.6) is 11.5 Å². The van der Waals surface area contributed by atoms with Crippen molar-refractivity contribution in [2.75, 3.05) is 21.0 Å². The third-order valence-corrected chi connectivity index (χ3v) is 2.68. The van der Waals surface area contributed by atoms with Crippen LogP contribution in [0.4, 0.5) is 0 Å². The Balaban J connectivity index is 2.67. The van der Waals surface area contributed by atoms with Gasteiger partial charge in [0.05, 0.1) is 12.5 Å². The van der Waals surface area contributed by atoms with Gasteiger partial charge in [-0.25, -0.2) is 0 Å². The van der Waals surface area contributed by atoms with Gasteiger partial charge >= 0.3 is 0 Å². The van der Waals surface area contributed by atoms with Gasteiger partial charge in [0.25, 0.3) is 0 Å². The van der Waals surface area contributed by atoms with Crippen LogP contribution in [0.2, 0.25) is 0 Å². The zero-order valence-electron chi connectivity index (χ0n) is 10.3. The quantitative estimate of drug-likeness (QED) is 0.601. The van der Waals surface area contributed by atoms with Gasteiger partial charge < -0.3 is 14.2 Å². The van der Waals surface area contributed by atoms with Gasteiger partial charge in [-0.1, -0.05) is 12.1 Å². The highest BCUT2D eigenvalue weighted by atomic mass is 16.7. The zero-order chi connectivity index (χ0) is 13.0. The van der Waals surface area contributed by atoms with E-state index in [1.165, 1.54) is 0 Å². The molecule has 0 aromatic heterocycles. The molecule has 0 bridgehead atoms. The molecule has 0 amide bonds. The number of carbonyl (C=O) groups excluding carboxylic acids is 1. The van der Waals surface area contributed by atoms with Crippen molar-refractivity contribution in [2.24, 2.45) is 0 Å². The summed E-state index contributed by atoms with van der Waals surface area (Å²) < 4.78 is 15.7. The van der Waals surface area contributed by atoms with Crippen LogP contribution in [0.25, 0.3) is 10.8 Å². The van der Waals surface area contributed by atoms with Crippen molar-refractivity contribution < 1.29 is 19.0 Å². The number of hydrogen-bond acceptors (Lipinski definition) is 4. The highest BCUT2D eigenvalue weighted by Crippen LogP contribution is 2.35. The molecule has 0 fully saturated rings. The maximum absolute atomic E-state index is 11.0. The first kappa shape index (κ1) is 12.4. The summed E-state index contributed by atoms with van der Waals surface area (Å²) in [5, 5.41) is 1.58. The lowest BCUT2D eigenvalue weighted by Crippen LogP contribution is -2.00. The fraction of sp³-hybridized carbons (Fsp3) is 0.214. The van der Waals surface area contributed by atoms with Crippen LogP contribution in [0.1, 0.15) is 10.4 Å². The number of carbonyl (C=O) groups is 1. The van der Waals surface area contributed by atoms with Crippen LogP contribution >= 0.6 is 0 Å². The minimum Gasteiger partial charge on any atom is -0.496 e. The second-order valence-electron chi connectivity index (χ2n) is 3.70. The Morgan fingerprint density at radius 2 is 1.94 bits per heavy atom. The standard InChI is InChI=1S/C14H14O4/c1-16-9-18-13-7-6-10(8-15)11-4-3-5-12(17-2)14(11)13/h3-8H,9H2,1-2H3. The van der Waals surface area contributed by atoms with Gasteiger partial charge in [0.15, 0.2) is 13.1 Å². The fourth-order valence-corrected chi connectivity index (χ4v) is 1.88. The van der Waals surface area contributed by atoms with Crippen molar-refractivity contribution in [1.29, 1.82) is 0 Å². The first-order chi connectivity index (χ1) is 8.81. The average molecular weight is 246 g/mol. The van der Waals surface area contributed by atoms with Gasteiger partial charge in [0.2, 0.25) is 0 Å². The van der Waals surface area contributed by atoms with E-state index in [4.69, 9.17) is 14.2 Å². The van der Waals surface area contributed by atoms with Crippen LogP contribution in [-0.4, -0.2) is 27.3 Å². The van der Waals surface area contributed by atoms with Crippen molar-refractivity contribution in [3.05, 3.63) is 35.9 Å². The summed E-state index contributed by atoms with van der Waals surface area (Å²) in [6.45, 7) is 0.146. The normalized spacial score (nSPS) is 10.3. The molecule has 18 heavy (non-hydrogen) atoms. The van der Waals surface area contributed by atoms with Crippen molar-refractivity contribution >= 4 is 17.1 Å². The summed E-state index contributed by atoms with van der Waals surface area (Å²) in [6.07, 6.45) is 0.821. The summed E-state index contributed by atoms with van der Waals surface area (Å²) in [4.78, 5) is 11.0. The molecule has 0 spiro atoms. The maximum atomic E-state index is 11.0. The van der Waals surface area contributed by atoms with Gasteiger partial charge in [-0.3, -0.25) is 4.79 Å². The topological polar surface area (TPSA) is 44.8 Å². The number of hydrogen-bond donors (Lipinski definition) is 0. The number of fused-ring (bicyclic) bond motifs is 1. The van der Waals surface area contributed by atoms with Crippen molar-refractivity contribution in [3.8, 4) is 11.5 Å². The Morgan fingerprint density at radius 3 is 2.61 bits per heavy atom. The number of ether oxygens (including phenoxy) is 3. The molecule has 0 aliphatic heterocycles. The Morgan fingerprint density at radius 1 is 1.11 bits per heavy atom. The van der Waals surface area contributed by atoms with Gasteiger partial charge in [0.1, 0.15) is 11.5 Å². The predicted octanol–water partition coefficient (Wildman–Crippen LogP) is 2.64. The van der Waals surface area contributed by atoms with Crippen LogP contribution in [0.15, 0.2) is 30.3 Å². The minimum absolute atomic E-state index is 0.146. The second kappa shape index (κ2) is 5.51. The van der Waals surface area contributed by atoms with Crippen molar-refractivity contribution in [2.45, 2.75) is 0 Å². The molecule has 0 N–H and O–H groups in total. The van der Waals surface area contributed by atoms with Gasteiger partial charge in [-0.15, -0.1) is 0 Å². The van der Waals surface area contributed by atoms with Crippen LogP contribution < -0.4 is 9.47 Å². The molecule has 0 radical (unpaired) electrons. The van der Waals surface area contributed by atoms with E-state index >= 15 is 0 Å². The van der Waals surface area contributed by atoms with Gasteiger partial charge in [0, 0.05) is 12.7 Å². The van der Waals surface area contributed by atoms with Gasteiger partial charge in [-0.05, 0) is 23.6 Å². The maximum Gasteiger partial charge on any atom is 0.188 e. The summed E-state index contributed by atoms with van der Waals surface area (Å²) >= 11 is 0. The summed E-state index contributed by atoms with van der Waals surface area (Å²) in [5.41, 5.74) is 0.605. The molecule has 4 nitrogen and oxygen atoms in total. The SMILES string of the molecule is COCOc1ccc(C=O)c2cccc(OC)c12. The molecule has 2 aromatic rings. The molecule has 2 rings (SSSR count). The molecule has 0 saturated heterocycles. The Labute approximate surface area is 105 Å². The number of benzene rings is 2. The minimum atomic E-state index is 0.146. The van der Waals surface area contributed by atoms with Crippen LogP contribution in [-0.2, 0) is 4.74 Å². The summed E-state index contributed by atoms with van der Waals surface area (Å²) in [7, 11) is 3.14. The second-order valence-corrected chi connectivity index (χ2v) is 3.70. The number of rotatable bonds is 5. The zero-order valence-corrected chi connectivity index (χ0v) is 10.3. The number of aldehydes is 1. The lowest BCUT2D eigenvalue weighted by Gasteiger charge is -2.12. The highest BCUT2D eigenvalue weighted by Gasteiger charge is 2.11. The van der Waals surface area contributed by atoms with E-state index in [0.29, 0.717) is 17.1 Å². The van der Waals surface area contributed by atoms with E-state index in [2.05, 4.69) is 0 Å². The molecule has 2 aromatic carbocycles. The highest BCUT2D eigenvalue weighted by molar-refractivity contribution is 6.03. The summed E-state index contributed by atoms with van der Waals surface area (Å²) in [6, 6.07) is 9.00. The Kier molecular flexibility index (Phi) is 3.79. The largest absolute Gasteiger partial charge is 0.496 e. The van der Waals surface area contributed by atoms with E-state index in [9.17, 15) is 4.79 Å². The molecule has 0 atom stereocenters. The molecule has 94 valence electrons. The molecule has 0 aliphatic carbocycles. The first-order valence-corrected chi connectivity index (χ1v) is 5.48. The lowest BCUT2D eigenvalue weighted by molar-refractivity contribution is 0.0521. The van der Waals surface area contributed by atoms with E-state index in [-0.39, 0.29) is 6.79 Å². The van der Waals surface area contributed by atoms with Crippen molar-refractivity contribution in [3.63, 3.8) is 0 Å². The molecular weight excluding hydrogens is 232 g/mol. The van der Waals surface area contributed by atoms with E-state index in [0.717, 1.165) is 17.1 Å². The Bertz CT molecular complexity index is 563. The smallest absolute Gasteiger partial charge is 0.188 e. The fourth-order valence-electron chi connectivity index (χ4n) is 1.88. The molecule has 4 heteroatoms. The molecule has 0 saturated carbocycles. The average Bonchev–Trinajstić information content (AvgIpc) is 2.43. The summed E-state index contributed by atoms with van der Waals surface area (Å²) in [5.74, 6) is 1.30. The van der Waals surface area contributed by atoms with Gasteiger partial charge in [-0.2, -0.15) is 0 Å². The first-order valence-electron chi connectivity index (χ1n) is 5.48.